The van der Waals surface area contributed by atoms with Crippen molar-refractivity contribution in [2.45, 2.75) is 38.1 Å². The first-order valence-electron chi connectivity index (χ1n) is 9.90. The van der Waals surface area contributed by atoms with Gasteiger partial charge in [0.15, 0.2) is 0 Å². The number of rotatable bonds is 3. The molecule has 1 aromatic rings. The van der Waals surface area contributed by atoms with E-state index in [0.29, 0.717) is 24.7 Å². The van der Waals surface area contributed by atoms with Crippen molar-refractivity contribution >= 4 is 17.6 Å². The Labute approximate surface area is 158 Å². The van der Waals surface area contributed by atoms with E-state index in [4.69, 9.17) is 0 Å². The zero-order chi connectivity index (χ0) is 18.9. The minimum Gasteiger partial charge on any atom is -0.340 e. The molecule has 2 saturated heterocycles. The Balaban J connectivity index is 1.32. The lowest BCUT2D eigenvalue weighted by molar-refractivity contribution is -0.144. The van der Waals surface area contributed by atoms with Crippen LogP contribution in [0.4, 0.5) is 14.9 Å². The fourth-order valence-corrected chi connectivity index (χ4v) is 4.93. The molecule has 0 spiro atoms. The first kappa shape index (κ1) is 18.2. The van der Waals surface area contributed by atoms with Crippen LogP contribution in [0.15, 0.2) is 24.3 Å². The molecule has 0 aromatic heterocycles. The number of nitrogens with zero attached hydrogens (tertiary/aromatic N) is 1. The summed E-state index contributed by atoms with van der Waals surface area (Å²) in [5.74, 6) is 0.376. The number of carbonyl (C=O) groups excluding carboxylic acids is 2. The van der Waals surface area contributed by atoms with Gasteiger partial charge in [-0.05, 0) is 56.0 Å². The summed E-state index contributed by atoms with van der Waals surface area (Å²) in [5.41, 5.74) is 0.310. The highest BCUT2D eigenvalue weighted by Crippen LogP contribution is 2.45. The van der Waals surface area contributed by atoms with Crippen LogP contribution in [0.2, 0.25) is 0 Å². The van der Waals surface area contributed by atoms with Crippen molar-refractivity contribution in [3.05, 3.63) is 30.1 Å². The lowest BCUT2D eigenvalue weighted by atomic mass is 9.67. The highest BCUT2D eigenvalue weighted by molar-refractivity contribution is 5.89. The van der Waals surface area contributed by atoms with Gasteiger partial charge in [0.05, 0.1) is 5.41 Å². The number of halogens is 1. The van der Waals surface area contributed by atoms with Gasteiger partial charge in [-0.25, -0.2) is 9.18 Å². The van der Waals surface area contributed by atoms with Crippen molar-refractivity contribution in [2.75, 3.05) is 31.5 Å². The van der Waals surface area contributed by atoms with Gasteiger partial charge >= 0.3 is 6.03 Å². The lowest BCUT2D eigenvalue weighted by Gasteiger charge is -2.39. The normalized spacial score (nSPS) is 30.0. The van der Waals surface area contributed by atoms with Crippen LogP contribution in [0.1, 0.15) is 32.1 Å². The quantitative estimate of drug-likeness (QED) is 0.760. The van der Waals surface area contributed by atoms with Gasteiger partial charge in [-0.15, -0.1) is 0 Å². The SMILES string of the molecule is O=C(Nc1ccc(F)cc1)NC1CCN(C(=O)[C@@]23CCCC[C@H]2CNC3)C1. The average molecular weight is 374 g/mol. The van der Waals surface area contributed by atoms with E-state index in [9.17, 15) is 14.0 Å². The summed E-state index contributed by atoms with van der Waals surface area (Å²) in [6, 6.07) is 5.28. The third-order valence-electron chi connectivity index (χ3n) is 6.38. The lowest BCUT2D eigenvalue weighted by Crippen LogP contribution is -2.50. The number of fused-ring (bicyclic) bond motifs is 1. The van der Waals surface area contributed by atoms with E-state index < -0.39 is 0 Å². The monoisotopic (exact) mass is 374 g/mol. The van der Waals surface area contributed by atoms with Gasteiger partial charge in [-0.1, -0.05) is 12.8 Å². The van der Waals surface area contributed by atoms with Crippen LogP contribution in [0.3, 0.4) is 0 Å². The molecule has 1 saturated carbocycles. The van der Waals surface area contributed by atoms with E-state index in [-0.39, 0.29) is 29.2 Å². The van der Waals surface area contributed by atoms with E-state index in [1.807, 2.05) is 4.90 Å². The molecule has 4 rings (SSSR count). The second-order valence-electron chi connectivity index (χ2n) is 8.07. The molecule has 27 heavy (non-hydrogen) atoms. The predicted molar refractivity (Wildman–Crippen MR) is 101 cm³/mol. The zero-order valence-electron chi connectivity index (χ0n) is 15.5. The summed E-state index contributed by atoms with van der Waals surface area (Å²) in [5, 5.41) is 9.07. The Morgan fingerprint density at radius 1 is 1.19 bits per heavy atom. The highest BCUT2D eigenvalue weighted by atomic mass is 19.1. The molecule has 0 radical (unpaired) electrons. The fraction of sp³-hybridized carbons (Fsp3) is 0.600. The largest absolute Gasteiger partial charge is 0.340 e. The molecular weight excluding hydrogens is 347 g/mol. The number of urea groups is 1. The standard InChI is InChI=1S/C20H27FN4O2/c21-15-4-6-16(7-5-15)23-19(27)24-17-8-10-25(12-17)18(26)20-9-2-1-3-14(20)11-22-13-20/h4-7,14,17,22H,1-3,8-13H2,(H2,23,24,27)/t14-,17?,20+/m0/s1. The highest BCUT2D eigenvalue weighted by Gasteiger charge is 2.52. The predicted octanol–water partition coefficient (Wildman–Crippen LogP) is 2.33. The van der Waals surface area contributed by atoms with Crippen molar-refractivity contribution < 1.29 is 14.0 Å². The summed E-state index contributed by atoms with van der Waals surface area (Å²) in [6.45, 7) is 2.98. The molecule has 2 heterocycles. The molecule has 2 aliphatic heterocycles. The van der Waals surface area contributed by atoms with Gasteiger partial charge in [0.1, 0.15) is 5.82 Å². The number of amides is 3. The summed E-state index contributed by atoms with van der Waals surface area (Å²) < 4.78 is 12.9. The first-order valence-corrected chi connectivity index (χ1v) is 9.90. The Morgan fingerprint density at radius 3 is 2.81 bits per heavy atom. The van der Waals surface area contributed by atoms with Gasteiger partial charge in [0, 0.05) is 31.4 Å². The molecule has 146 valence electrons. The summed E-state index contributed by atoms with van der Waals surface area (Å²) in [6.07, 6.45) is 5.21. The second-order valence-corrected chi connectivity index (χ2v) is 8.07. The molecule has 6 nitrogen and oxygen atoms in total. The van der Waals surface area contributed by atoms with Crippen LogP contribution in [-0.4, -0.2) is 49.1 Å². The smallest absolute Gasteiger partial charge is 0.319 e. The summed E-state index contributed by atoms with van der Waals surface area (Å²) >= 11 is 0. The van der Waals surface area contributed by atoms with Crippen molar-refractivity contribution in [1.29, 1.82) is 0 Å². The second kappa shape index (κ2) is 7.46. The summed E-state index contributed by atoms with van der Waals surface area (Å²) in [7, 11) is 0. The van der Waals surface area contributed by atoms with E-state index in [0.717, 1.165) is 38.8 Å². The van der Waals surface area contributed by atoms with Crippen molar-refractivity contribution in [3.8, 4) is 0 Å². The number of benzene rings is 1. The van der Waals surface area contributed by atoms with Gasteiger partial charge in [-0.3, -0.25) is 4.79 Å². The van der Waals surface area contributed by atoms with Crippen molar-refractivity contribution in [1.82, 2.24) is 15.5 Å². The third-order valence-corrected chi connectivity index (χ3v) is 6.38. The van der Waals surface area contributed by atoms with Crippen LogP contribution < -0.4 is 16.0 Å². The molecule has 3 fully saturated rings. The topological polar surface area (TPSA) is 73.5 Å². The Morgan fingerprint density at radius 2 is 2.00 bits per heavy atom. The Hall–Kier alpha value is -2.15. The van der Waals surface area contributed by atoms with E-state index >= 15 is 0 Å². The number of hydrogen-bond donors (Lipinski definition) is 3. The van der Waals surface area contributed by atoms with Crippen molar-refractivity contribution in [3.63, 3.8) is 0 Å². The molecule has 1 unspecified atom stereocenters. The summed E-state index contributed by atoms with van der Waals surface area (Å²) in [4.78, 5) is 27.4. The van der Waals surface area contributed by atoms with E-state index in [2.05, 4.69) is 16.0 Å². The van der Waals surface area contributed by atoms with E-state index in [1.54, 1.807) is 0 Å². The number of anilines is 1. The zero-order valence-corrected chi connectivity index (χ0v) is 15.5. The molecule has 7 heteroatoms. The maximum atomic E-state index is 13.3. The van der Waals surface area contributed by atoms with Crippen LogP contribution >= 0.6 is 0 Å². The maximum Gasteiger partial charge on any atom is 0.319 e. The molecule has 3 N–H and O–H groups in total. The molecule has 1 aromatic carbocycles. The van der Waals surface area contributed by atoms with E-state index in [1.165, 1.54) is 30.7 Å². The molecular formula is C20H27FN4O2. The van der Waals surface area contributed by atoms with Gasteiger partial charge < -0.3 is 20.9 Å². The maximum absolute atomic E-state index is 13.3. The molecule has 0 bridgehead atoms. The number of carbonyl (C=O) groups is 2. The number of hydrogen-bond acceptors (Lipinski definition) is 3. The molecule has 3 aliphatic rings. The Bertz CT molecular complexity index is 710. The van der Waals surface area contributed by atoms with Crippen LogP contribution in [0.25, 0.3) is 0 Å². The van der Waals surface area contributed by atoms with Crippen LogP contribution in [0, 0.1) is 17.2 Å². The third kappa shape index (κ3) is 3.65. The fourth-order valence-electron chi connectivity index (χ4n) is 4.93. The van der Waals surface area contributed by atoms with Gasteiger partial charge in [-0.2, -0.15) is 0 Å². The first-order chi connectivity index (χ1) is 13.1. The minimum atomic E-state index is -0.340. The van der Waals surface area contributed by atoms with Crippen molar-refractivity contribution in [2.24, 2.45) is 11.3 Å². The minimum absolute atomic E-state index is 0.0535. The number of likely N-dealkylation sites (tertiary alicyclic amines) is 1. The number of nitrogens with one attached hydrogen (secondary N) is 3. The molecule has 3 atom stereocenters. The average Bonchev–Trinajstić information content (AvgIpc) is 3.30. The van der Waals surface area contributed by atoms with Crippen LogP contribution in [-0.2, 0) is 4.79 Å². The molecule has 1 aliphatic carbocycles. The van der Waals surface area contributed by atoms with Gasteiger partial charge in [0.25, 0.3) is 0 Å². The Kier molecular flexibility index (Phi) is 5.04. The molecule has 3 amide bonds. The van der Waals surface area contributed by atoms with Gasteiger partial charge in [0.2, 0.25) is 5.91 Å². The van der Waals surface area contributed by atoms with Crippen LogP contribution in [0.5, 0.6) is 0 Å².